The van der Waals surface area contributed by atoms with E-state index in [0.717, 1.165) is 18.2 Å². The molecule has 134 valence electrons. The molecule has 0 bridgehead atoms. The lowest BCUT2D eigenvalue weighted by Crippen LogP contribution is -2.37. The lowest BCUT2D eigenvalue weighted by atomic mass is 10.1. The number of rotatable bonds is 6. The summed E-state index contributed by atoms with van der Waals surface area (Å²) in [6.45, 7) is 0.393. The van der Waals surface area contributed by atoms with Gasteiger partial charge in [-0.3, -0.25) is 4.79 Å². The highest BCUT2D eigenvalue weighted by atomic mass is 32.2. The molecule has 24 heavy (non-hydrogen) atoms. The summed E-state index contributed by atoms with van der Waals surface area (Å²) >= 11 is 0. The molecule has 9 heteroatoms. The number of likely N-dealkylation sites (tertiary alicyclic amines) is 1. The second-order valence-electron chi connectivity index (χ2n) is 5.85. The van der Waals surface area contributed by atoms with Crippen molar-refractivity contribution >= 4 is 15.7 Å². The molecule has 1 atom stereocenters. The van der Waals surface area contributed by atoms with Gasteiger partial charge in [0.2, 0.25) is 5.91 Å². The fraction of sp³-hybridized carbons (Fsp3) is 0.533. The molecule has 0 aliphatic carbocycles. The van der Waals surface area contributed by atoms with Gasteiger partial charge in [0.15, 0.2) is 9.84 Å². The molecule has 1 amide bonds. The Bertz CT molecular complexity index is 703. The highest BCUT2D eigenvalue weighted by Gasteiger charge is 2.31. The van der Waals surface area contributed by atoms with E-state index in [-0.39, 0.29) is 18.0 Å². The molecule has 0 aromatic heterocycles. The molecule has 1 heterocycles. The van der Waals surface area contributed by atoms with Crippen LogP contribution in [0, 0.1) is 0 Å². The normalized spacial score (nSPS) is 17.3. The monoisotopic (exact) mass is 365 g/mol. The minimum absolute atomic E-state index is 0.00859. The van der Waals surface area contributed by atoms with E-state index in [2.05, 4.69) is 0 Å². The number of hydrogen-bond acceptors (Lipinski definition) is 4. The number of carbonyl (C=O) groups excluding carboxylic acids is 1. The Morgan fingerprint density at radius 3 is 2.58 bits per heavy atom. The van der Waals surface area contributed by atoms with Crippen molar-refractivity contribution < 1.29 is 31.5 Å². The molecular weight excluding hydrogens is 347 g/mol. The van der Waals surface area contributed by atoms with E-state index in [1.54, 1.807) is 0 Å². The highest BCUT2D eigenvalue weighted by molar-refractivity contribution is 7.90. The number of β-amino-alcohol motifs (C(OH)–C–C–N with tert-alkyl or cyclic N) is 1. The average Bonchev–Trinajstić information content (AvgIpc) is 2.82. The topological polar surface area (TPSA) is 74.7 Å². The SMILES string of the molecule is O=C1CCCN1CC(O)CS(=O)(=O)Cc1cccc(C(F)(F)F)c1. The van der Waals surface area contributed by atoms with Gasteiger partial charge in [-0.25, -0.2) is 8.42 Å². The molecule has 5 nitrogen and oxygen atoms in total. The number of alkyl halides is 3. The molecule has 0 radical (unpaired) electrons. The Balaban J connectivity index is 1.99. The van der Waals surface area contributed by atoms with Crippen LogP contribution in [-0.2, 0) is 26.6 Å². The van der Waals surface area contributed by atoms with Crippen LogP contribution in [0.25, 0.3) is 0 Å². The lowest BCUT2D eigenvalue weighted by molar-refractivity contribution is -0.137. The van der Waals surface area contributed by atoms with Gasteiger partial charge in [-0.1, -0.05) is 18.2 Å². The van der Waals surface area contributed by atoms with Crippen LogP contribution >= 0.6 is 0 Å². The van der Waals surface area contributed by atoms with Crippen molar-refractivity contribution in [3.05, 3.63) is 35.4 Å². The molecule has 1 unspecified atom stereocenters. The number of hydrogen-bond donors (Lipinski definition) is 1. The molecule has 1 N–H and O–H groups in total. The number of sulfone groups is 1. The summed E-state index contributed by atoms with van der Waals surface area (Å²) in [5.74, 6) is -1.33. The molecule has 2 rings (SSSR count). The zero-order valence-electron chi connectivity index (χ0n) is 12.8. The molecule has 1 saturated heterocycles. The van der Waals surface area contributed by atoms with Crippen molar-refractivity contribution in [1.82, 2.24) is 4.90 Å². The second kappa shape index (κ2) is 7.10. The first-order valence-electron chi connectivity index (χ1n) is 7.39. The van der Waals surface area contributed by atoms with Crippen LogP contribution in [-0.4, -0.2) is 49.3 Å². The van der Waals surface area contributed by atoms with Gasteiger partial charge in [-0.2, -0.15) is 13.2 Å². The van der Waals surface area contributed by atoms with E-state index in [1.165, 1.54) is 11.0 Å². The van der Waals surface area contributed by atoms with Crippen LogP contribution in [0.1, 0.15) is 24.0 Å². The van der Waals surface area contributed by atoms with E-state index in [4.69, 9.17) is 0 Å². The molecule has 1 aliphatic heterocycles. The second-order valence-corrected chi connectivity index (χ2v) is 7.96. The molecule has 1 aromatic carbocycles. The first-order chi connectivity index (χ1) is 11.1. The van der Waals surface area contributed by atoms with Crippen LogP contribution in [0.15, 0.2) is 24.3 Å². The summed E-state index contributed by atoms with van der Waals surface area (Å²) in [5.41, 5.74) is -0.910. The van der Waals surface area contributed by atoms with Crippen LogP contribution in [0.5, 0.6) is 0 Å². The van der Waals surface area contributed by atoms with Crippen molar-refractivity contribution in [3.63, 3.8) is 0 Å². The number of nitrogens with zero attached hydrogens (tertiary/aromatic N) is 1. The van der Waals surface area contributed by atoms with Crippen LogP contribution in [0.3, 0.4) is 0 Å². The zero-order chi connectivity index (χ0) is 18.0. The van der Waals surface area contributed by atoms with E-state index in [9.17, 15) is 31.5 Å². The molecule has 0 spiro atoms. The zero-order valence-corrected chi connectivity index (χ0v) is 13.6. The van der Waals surface area contributed by atoms with Crippen molar-refractivity contribution in [2.45, 2.75) is 30.9 Å². The molecule has 1 aromatic rings. The first kappa shape index (κ1) is 18.7. The largest absolute Gasteiger partial charge is 0.416 e. The Kier molecular flexibility index (Phi) is 5.54. The minimum atomic E-state index is -4.55. The van der Waals surface area contributed by atoms with Crippen molar-refractivity contribution in [3.8, 4) is 0 Å². The van der Waals surface area contributed by atoms with Crippen molar-refractivity contribution in [1.29, 1.82) is 0 Å². The van der Waals surface area contributed by atoms with E-state index in [0.29, 0.717) is 19.4 Å². The summed E-state index contributed by atoms with van der Waals surface area (Å²) < 4.78 is 62.1. The number of carbonyl (C=O) groups is 1. The standard InChI is InChI=1S/C15H18F3NO4S/c16-15(17,18)12-4-1-3-11(7-12)9-24(22,23)10-13(20)8-19-6-2-5-14(19)21/h1,3-4,7,13,20H,2,5-6,8-10H2. The van der Waals surface area contributed by atoms with Crippen LogP contribution in [0.2, 0.25) is 0 Å². The van der Waals surface area contributed by atoms with Crippen LogP contribution < -0.4 is 0 Å². The number of aliphatic hydroxyl groups excluding tert-OH is 1. The smallest absolute Gasteiger partial charge is 0.390 e. The van der Waals surface area contributed by atoms with Gasteiger partial charge < -0.3 is 10.0 Å². The predicted molar refractivity (Wildman–Crippen MR) is 80.8 cm³/mol. The third-order valence-corrected chi connectivity index (χ3v) is 5.36. The Labute approximate surface area is 138 Å². The van der Waals surface area contributed by atoms with Crippen LogP contribution in [0.4, 0.5) is 13.2 Å². The average molecular weight is 365 g/mol. The third-order valence-electron chi connectivity index (χ3n) is 3.69. The van der Waals surface area contributed by atoms with E-state index in [1.807, 2.05) is 0 Å². The summed E-state index contributed by atoms with van der Waals surface area (Å²) in [6.07, 6.45) is -4.76. The van der Waals surface area contributed by atoms with Crippen molar-refractivity contribution in [2.75, 3.05) is 18.8 Å². The van der Waals surface area contributed by atoms with Gasteiger partial charge >= 0.3 is 6.18 Å². The maximum Gasteiger partial charge on any atom is 0.416 e. The van der Waals surface area contributed by atoms with E-state index < -0.39 is 39.2 Å². The van der Waals surface area contributed by atoms with Gasteiger partial charge in [0.1, 0.15) is 0 Å². The highest BCUT2D eigenvalue weighted by Crippen LogP contribution is 2.29. The van der Waals surface area contributed by atoms with E-state index >= 15 is 0 Å². The Morgan fingerprint density at radius 1 is 1.29 bits per heavy atom. The maximum atomic E-state index is 12.6. The molecular formula is C15H18F3NO4S. The summed E-state index contributed by atoms with van der Waals surface area (Å²) in [5, 5.41) is 9.87. The third kappa shape index (κ3) is 5.20. The first-order valence-corrected chi connectivity index (χ1v) is 9.21. The summed E-state index contributed by atoms with van der Waals surface area (Å²) in [6, 6.07) is 4.09. The van der Waals surface area contributed by atoms with Gasteiger partial charge in [-0.05, 0) is 18.1 Å². The predicted octanol–water partition coefficient (Wildman–Crippen LogP) is 1.60. The van der Waals surface area contributed by atoms with Crippen molar-refractivity contribution in [2.24, 2.45) is 0 Å². The number of aliphatic hydroxyl groups is 1. The number of benzene rings is 1. The Morgan fingerprint density at radius 2 is 2.00 bits per heavy atom. The molecule has 0 saturated carbocycles. The number of amides is 1. The summed E-state index contributed by atoms with van der Waals surface area (Å²) in [4.78, 5) is 12.9. The maximum absolute atomic E-state index is 12.6. The van der Waals surface area contributed by atoms with Gasteiger partial charge in [0.25, 0.3) is 0 Å². The fourth-order valence-electron chi connectivity index (χ4n) is 2.65. The lowest BCUT2D eigenvalue weighted by Gasteiger charge is -2.19. The minimum Gasteiger partial charge on any atom is -0.390 e. The fourth-order valence-corrected chi connectivity index (χ4v) is 4.14. The molecule has 1 fully saturated rings. The number of halogens is 3. The van der Waals surface area contributed by atoms with Gasteiger partial charge in [0, 0.05) is 19.5 Å². The summed E-state index contributed by atoms with van der Waals surface area (Å²) in [7, 11) is -3.81. The van der Waals surface area contributed by atoms with Gasteiger partial charge in [0.05, 0.1) is 23.2 Å². The quantitative estimate of drug-likeness (QED) is 0.831. The molecule has 1 aliphatic rings. The van der Waals surface area contributed by atoms with Gasteiger partial charge in [-0.15, -0.1) is 0 Å². The Hall–Kier alpha value is -1.61.